The van der Waals surface area contributed by atoms with Gasteiger partial charge in [-0.3, -0.25) is 14.5 Å². The number of rotatable bonds is 6. The van der Waals surface area contributed by atoms with Crippen molar-refractivity contribution >= 4 is 18.1 Å². The Balaban J connectivity index is 1.32. The summed E-state index contributed by atoms with van der Waals surface area (Å²) in [4.78, 5) is 13.0. The Morgan fingerprint density at radius 2 is 1.85 bits per heavy atom. The zero-order valence-corrected chi connectivity index (χ0v) is 19.5. The predicted octanol–water partition coefficient (Wildman–Crippen LogP) is 4.32. The zero-order valence-electron chi connectivity index (χ0n) is 18.7. The highest BCUT2D eigenvalue weighted by atomic mass is 32.1. The van der Waals surface area contributed by atoms with Crippen molar-refractivity contribution in [3.63, 3.8) is 0 Å². The van der Waals surface area contributed by atoms with Gasteiger partial charge in [0.2, 0.25) is 5.91 Å². The van der Waals surface area contributed by atoms with Crippen molar-refractivity contribution in [2.75, 3.05) is 19.8 Å². The highest BCUT2D eigenvalue weighted by Gasteiger charge is 2.37. The number of aryl methyl sites for hydroxylation is 1. The van der Waals surface area contributed by atoms with E-state index in [0.29, 0.717) is 30.4 Å². The molecule has 0 saturated heterocycles. The number of ether oxygens (including phenoxy) is 2. The first-order chi connectivity index (χ1) is 16.0. The summed E-state index contributed by atoms with van der Waals surface area (Å²) in [6.45, 7) is 3.88. The molecule has 1 aliphatic heterocycles. The van der Waals surface area contributed by atoms with Crippen LogP contribution in [0.5, 0.6) is 11.5 Å². The lowest BCUT2D eigenvalue weighted by Crippen LogP contribution is -2.40. The maximum Gasteiger partial charge on any atom is 0.240 e. The first-order valence-electron chi connectivity index (χ1n) is 11.4. The minimum Gasteiger partial charge on any atom is -0.486 e. The van der Waals surface area contributed by atoms with E-state index < -0.39 is 0 Å². The van der Waals surface area contributed by atoms with Crippen LogP contribution in [0, 0.1) is 11.7 Å². The third-order valence-corrected chi connectivity index (χ3v) is 7.02. The quantitative estimate of drug-likeness (QED) is 0.531. The number of carbonyl (C=O) groups is 1. The van der Waals surface area contributed by atoms with Crippen molar-refractivity contribution in [1.29, 1.82) is 0 Å². The standard InChI is InChI=1S/C25H28N4O3S/c1-17-4-6-18(7-5-17)23-27-28-24(33)29(23)15-22(30)26-16-25(10-2-3-11-25)19-8-9-20-21(14-19)32-13-12-31-20/h4-9,14H,2-3,10-13,15-16H2,1H3,(H,26,30)(H,28,33). The molecule has 3 aromatic rings. The van der Waals surface area contributed by atoms with Gasteiger partial charge in [-0.05, 0) is 49.7 Å². The predicted molar refractivity (Wildman–Crippen MR) is 128 cm³/mol. The Hall–Kier alpha value is -3.13. The highest BCUT2D eigenvalue weighted by Crippen LogP contribution is 2.43. The molecule has 0 unspecified atom stereocenters. The van der Waals surface area contributed by atoms with Gasteiger partial charge >= 0.3 is 0 Å². The molecule has 2 heterocycles. The van der Waals surface area contributed by atoms with E-state index in [9.17, 15) is 4.79 Å². The van der Waals surface area contributed by atoms with Gasteiger partial charge in [0.1, 0.15) is 19.8 Å². The number of nitrogens with one attached hydrogen (secondary N) is 2. The topological polar surface area (TPSA) is 81.2 Å². The summed E-state index contributed by atoms with van der Waals surface area (Å²) >= 11 is 5.40. The summed E-state index contributed by atoms with van der Waals surface area (Å²) in [7, 11) is 0. The normalized spacial score (nSPS) is 16.5. The van der Waals surface area contributed by atoms with Crippen LogP contribution in [0.2, 0.25) is 0 Å². The van der Waals surface area contributed by atoms with Crippen molar-refractivity contribution in [2.45, 2.75) is 44.6 Å². The van der Waals surface area contributed by atoms with E-state index in [2.05, 4.69) is 27.6 Å². The summed E-state index contributed by atoms with van der Waals surface area (Å²) in [5, 5.41) is 10.4. The average molecular weight is 465 g/mol. The molecule has 172 valence electrons. The molecule has 0 spiro atoms. The number of H-pyrrole nitrogens is 1. The van der Waals surface area contributed by atoms with Gasteiger partial charge < -0.3 is 14.8 Å². The lowest BCUT2D eigenvalue weighted by Gasteiger charge is -2.31. The molecule has 0 bridgehead atoms. The Labute approximate surface area is 198 Å². The molecule has 7 nitrogen and oxygen atoms in total. The van der Waals surface area contributed by atoms with Crippen LogP contribution < -0.4 is 14.8 Å². The molecular formula is C25H28N4O3S. The smallest absolute Gasteiger partial charge is 0.240 e. The molecule has 0 radical (unpaired) electrons. The van der Waals surface area contributed by atoms with Crippen molar-refractivity contribution in [2.24, 2.45) is 0 Å². The lowest BCUT2D eigenvalue weighted by molar-refractivity contribution is -0.121. The summed E-state index contributed by atoms with van der Waals surface area (Å²) in [6, 6.07) is 14.2. The molecule has 2 aromatic carbocycles. The van der Waals surface area contributed by atoms with E-state index in [1.807, 2.05) is 37.3 Å². The largest absolute Gasteiger partial charge is 0.486 e. The second kappa shape index (κ2) is 9.02. The summed E-state index contributed by atoms with van der Waals surface area (Å²) < 4.78 is 13.7. The molecular weight excluding hydrogens is 436 g/mol. The van der Waals surface area contributed by atoms with Gasteiger partial charge in [0, 0.05) is 17.5 Å². The SMILES string of the molecule is Cc1ccc(-c2n[nH]c(=S)n2CC(=O)NCC2(c3ccc4c(c3)OCCO4)CCCC2)cc1. The van der Waals surface area contributed by atoms with Gasteiger partial charge in [-0.2, -0.15) is 5.10 Å². The molecule has 0 atom stereocenters. The number of amides is 1. The van der Waals surface area contributed by atoms with Crippen LogP contribution >= 0.6 is 12.2 Å². The Kier molecular flexibility index (Phi) is 5.93. The molecule has 1 aromatic heterocycles. The van der Waals surface area contributed by atoms with Gasteiger partial charge in [0.15, 0.2) is 22.1 Å². The van der Waals surface area contributed by atoms with E-state index >= 15 is 0 Å². The fourth-order valence-electron chi connectivity index (χ4n) is 4.85. The number of hydrogen-bond donors (Lipinski definition) is 2. The number of aromatic amines is 1. The van der Waals surface area contributed by atoms with Crippen molar-refractivity contribution in [3.05, 3.63) is 58.4 Å². The molecule has 33 heavy (non-hydrogen) atoms. The van der Waals surface area contributed by atoms with E-state index in [1.165, 1.54) is 5.56 Å². The maximum atomic E-state index is 13.0. The number of hydrogen-bond acceptors (Lipinski definition) is 5. The monoisotopic (exact) mass is 464 g/mol. The van der Waals surface area contributed by atoms with Gasteiger partial charge in [-0.1, -0.05) is 48.7 Å². The molecule has 2 N–H and O–H groups in total. The van der Waals surface area contributed by atoms with Gasteiger partial charge in [-0.25, -0.2) is 0 Å². The molecule has 1 aliphatic carbocycles. The lowest BCUT2D eigenvalue weighted by atomic mass is 9.78. The van der Waals surface area contributed by atoms with Crippen LogP contribution in [0.1, 0.15) is 36.8 Å². The molecule has 1 saturated carbocycles. The van der Waals surface area contributed by atoms with Gasteiger partial charge in [0.05, 0.1) is 0 Å². The summed E-state index contributed by atoms with van der Waals surface area (Å²) in [5.74, 6) is 2.17. The molecule has 5 rings (SSSR count). The maximum absolute atomic E-state index is 13.0. The number of aromatic nitrogens is 3. The second-order valence-corrected chi connectivity index (χ2v) is 9.31. The van der Waals surface area contributed by atoms with E-state index in [0.717, 1.165) is 48.3 Å². The van der Waals surface area contributed by atoms with Crippen LogP contribution in [0.4, 0.5) is 0 Å². The van der Waals surface area contributed by atoms with Gasteiger partial charge in [-0.15, -0.1) is 0 Å². The first-order valence-corrected chi connectivity index (χ1v) is 11.8. The fraction of sp³-hybridized carbons (Fsp3) is 0.400. The molecule has 8 heteroatoms. The van der Waals surface area contributed by atoms with Crippen molar-refractivity contribution in [1.82, 2.24) is 20.1 Å². The van der Waals surface area contributed by atoms with E-state index in [1.54, 1.807) is 4.57 Å². The molecule has 1 amide bonds. The first kappa shape index (κ1) is 21.7. The second-order valence-electron chi connectivity index (χ2n) is 8.93. The van der Waals surface area contributed by atoms with Crippen LogP contribution in [0.3, 0.4) is 0 Å². The fourth-order valence-corrected chi connectivity index (χ4v) is 5.04. The van der Waals surface area contributed by atoms with E-state index in [4.69, 9.17) is 21.7 Å². The molecule has 2 aliphatic rings. The third-order valence-electron chi connectivity index (χ3n) is 6.71. The minimum atomic E-state index is -0.0941. The highest BCUT2D eigenvalue weighted by molar-refractivity contribution is 7.71. The molecule has 1 fully saturated rings. The van der Waals surface area contributed by atoms with Crippen LogP contribution in [-0.2, 0) is 16.8 Å². The average Bonchev–Trinajstić information content (AvgIpc) is 3.46. The number of carbonyl (C=O) groups excluding carboxylic acids is 1. The zero-order chi connectivity index (χ0) is 22.8. The Morgan fingerprint density at radius 3 is 2.61 bits per heavy atom. The number of fused-ring (bicyclic) bond motifs is 1. The number of nitrogens with zero attached hydrogens (tertiary/aromatic N) is 2. The van der Waals surface area contributed by atoms with Gasteiger partial charge in [0.25, 0.3) is 0 Å². The number of benzene rings is 2. The van der Waals surface area contributed by atoms with E-state index in [-0.39, 0.29) is 17.9 Å². The van der Waals surface area contributed by atoms with Crippen LogP contribution in [0.25, 0.3) is 11.4 Å². The van der Waals surface area contributed by atoms with Crippen LogP contribution in [0.15, 0.2) is 42.5 Å². The van der Waals surface area contributed by atoms with Crippen molar-refractivity contribution in [3.8, 4) is 22.9 Å². The Morgan fingerprint density at radius 1 is 1.12 bits per heavy atom. The Bertz CT molecular complexity index is 1210. The summed E-state index contributed by atoms with van der Waals surface area (Å²) in [6.07, 6.45) is 4.36. The summed E-state index contributed by atoms with van der Waals surface area (Å²) in [5.41, 5.74) is 3.19. The minimum absolute atomic E-state index is 0.0790. The van der Waals surface area contributed by atoms with Crippen molar-refractivity contribution < 1.29 is 14.3 Å². The third kappa shape index (κ3) is 4.39. The van der Waals surface area contributed by atoms with Crippen LogP contribution in [-0.4, -0.2) is 40.4 Å².